The molecule has 0 aliphatic rings. The number of halogens is 2. The summed E-state index contributed by atoms with van der Waals surface area (Å²) in [6.45, 7) is 0. The van der Waals surface area contributed by atoms with E-state index in [-0.39, 0.29) is 0 Å². The minimum atomic E-state index is -0.470. The van der Waals surface area contributed by atoms with E-state index in [9.17, 15) is 5.11 Å². The van der Waals surface area contributed by atoms with Gasteiger partial charge in [-0.3, -0.25) is 0 Å². The van der Waals surface area contributed by atoms with Crippen LogP contribution in [0.25, 0.3) is 0 Å². The van der Waals surface area contributed by atoms with Crippen LogP contribution in [0, 0.1) is 0 Å². The Bertz CT molecular complexity index is 511. The van der Waals surface area contributed by atoms with E-state index in [0.717, 1.165) is 10.5 Å². The van der Waals surface area contributed by atoms with Crippen LogP contribution in [0.4, 0.5) is 0 Å². The van der Waals surface area contributed by atoms with Crippen LogP contribution in [0.2, 0.25) is 10.0 Å². The van der Waals surface area contributed by atoms with Crippen molar-refractivity contribution in [2.75, 3.05) is 5.75 Å². The summed E-state index contributed by atoms with van der Waals surface area (Å²) in [5.41, 5.74) is 0.812. The molecule has 0 spiro atoms. The van der Waals surface area contributed by atoms with Crippen molar-refractivity contribution >= 4 is 35.0 Å². The van der Waals surface area contributed by atoms with Crippen LogP contribution in [0.15, 0.2) is 53.4 Å². The zero-order valence-electron chi connectivity index (χ0n) is 10.2. The Morgan fingerprint density at radius 1 is 0.947 bits per heavy atom. The van der Waals surface area contributed by atoms with Crippen LogP contribution in [0.1, 0.15) is 5.56 Å². The Morgan fingerprint density at radius 2 is 1.58 bits per heavy atom. The Labute approximate surface area is 127 Å². The van der Waals surface area contributed by atoms with Gasteiger partial charge in [0.05, 0.1) is 6.10 Å². The molecule has 0 aromatic heterocycles. The molecule has 19 heavy (non-hydrogen) atoms. The van der Waals surface area contributed by atoms with Crippen LogP contribution in [-0.4, -0.2) is 17.0 Å². The molecule has 2 aromatic carbocycles. The molecule has 0 bridgehead atoms. The van der Waals surface area contributed by atoms with Gasteiger partial charge in [-0.2, -0.15) is 0 Å². The average Bonchev–Trinajstić information content (AvgIpc) is 2.42. The SMILES string of the molecule is OC(CSc1ccccc1)Cc1c(Cl)cccc1Cl. The summed E-state index contributed by atoms with van der Waals surface area (Å²) in [4.78, 5) is 1.15. The van der Waals surface area contributed by atoms with E-state index in [2.05, 4.69) is 0 Å². The lowest BCUT2D eigenvalue weighted by molar-refractivity contribution is 0.200. The summed E-state index contributed by atoms with van der Waals surface area (Å²) in [5.74, 6) is 0.617. The van der Waals surface area contributed by atoms with Crippen molar-refractivity contribution in [3.63, 3.8) is 0 Å². The molecule has 0 saturated carbocycles. The third kappa shape index (κ3) is 4.43. The van der Waals surface area contributed by atoms with Gasteiger partial charge in [0, 0.05) is 27.1 Å². The molecule has 0 aliphatic carbocycles. The second-order valence-electron chi connectivity index (χ2n) is 4.18. The first-order chi connectivity index (χ1) is 9.16. The molecule has 0 fully saturated rings. The molecule has 1 N–H and O–H groups in total. The van der Waals surface area contributed by atoms with E-state index in [1.807, 2.05) is 30.3 Å². The van der Waals surface area contributed by atoms with Crippen LogP contribution in [-0.2, 0) is 6.42 Å². The fourth-order valence-electron chi connectivity index (χ4n) is 1.73. The lowest BCUT2D eigenvalue weighted by Gasteiger charge is -2.12. The first-order valence-electron chi connectivity index (χ1n) is 5.95. The smallest absolute Gasteiger partial charge is 0.0675 e. The Kier molecular flexibility index (Phi) is 5.59. The average molecular weight is 313 g/mol. The molecule has 0 amide bonds. The van der Waals surface area contributed by atoms with E-state index < -0.39 is 6.10 Å². The highest BCUT2D eigenvalue weighted by molar-refractivity contribution is 7.99. The lowest BCUT2D eigenvalue weighted by atomic mass is 10.1. The van der Waals surface area contributed by atoms with Crippen molar-refractivity contribution < 1.29 is 5.11 Å². The van der Waals surface area contributed by atoms with Gasteiger partial charge in [-0.1, -0.05) is 47.5 Å². The predicted octanol–water partition coefficient (Wildman–Crippen LogP) is 4.69. The molecular weight excluding hydrogens is 299 g/mol. The van der Waals surface area contributed by atoms with Gasteiger partial charge in [-0.05, 0) is 29.8 Å². The third-order valence-corrected chi connectivity index (χ3v) is 4.55. The minimum absolute atomic E-state index is 0.470. The number of aliphatic hydroxyl groups is 1. The Hall–Kier alpha value is -0.670. The predicted molar refractivity (Wildman–Crippen MR) is 83.3 cm³/mol. The molecule has 0 heterocycles. The van der Waals surface area contributed by atoms with Crippen LogP contribution >= 0.6 is 35.0 Å². The van der Waals surface area contributed by atoms with E-state index >= 15 is 0 Å². The van der Waals surface area contributed by atoms with E-state index in [1.54, 1.807) is 30.0 Å². The summed E-state index contributed by atoms with van der Waals surface area (Å²) in [6, 6.07) is 15.4. The van der Waals surface area contributed by atoms with E-state index in [4.69, 9.17) is 23.2 Å². The third-order valence-electron chi connectivity index (χ3n) is 2.69. The normalized spacial score (nSPS) is 12.4. The molecule has 4 heteroatoms. The summed E-state index contributed by atoms with van der Waals surface area (Å²) in [7, 11) is 0. The van der Waals surface area contributed by atoms with Gasteiger partial charge >= 0.3 is 0 Å². The van der Waals surface area contributed by atoms with Gasteiger partial charge in [-0.15, -0.1) is 11.8 Å². The minimum Gasteiger partial charge on any atom is -0.392 e. The molecule has 100 valence electrons. The zero-order valence-corrected chi connectivity index (χ0v) is 12.6. The fourth-order valence-corrected chi connectivity index (χ4v) is 3.14. The molecular formula is C15H14Cl2OS. The molecule has 0 aliphatic heterocycles. The number of hydrogen-bond acceptors (Lipinski definition) is 2. The topological polar surface area (TPSA) is 20.2 Å². The molecule has 1 nitrogen and oxygen atoms in total. The van der Waals surface area contributed by atoms with Gasteiger partial charge in [0.15, 0.2) is 0 Å². The summed E-state index contributed by atoms with van der Waals surface area (Å²) in [6.07, 6.45) is 0.000766. The van der Waals surface area contributed by atoms with Gasteiger partial charge < -0.3 is 5.11 Å². The number of aliphatic hydroxyl groups excluding tert-OH is 1. The highest BCUT2D eigenvalue weighted by atomic mass is 35.5. The second kappa shape index (κ2) is 7.20. The molecule has 0 saturated heterocycles. The van der Waals surface area contributed by atoms with Crippen molar-refractivity contribution in [2.24, 2.45) is 0 Å². The highest BCUT2D eigenvalue weighted by Gasteiger charge is 2.12. The van der Waals surface area contributed by atoms with Gasteiger partial charge in [0.25, 0.3) is 0 Å². The van der Waals surface area contributed by atoms with Crippen LogP contribution in [0.3, 0.4) is 0 Å². The standard InChI is InChI=1S/C15H14Cl2OS/c16-14-7-4-8-15(17)13(14)9-11(18)10-19-12-5-2-1-3-6-12/h1-8,11,18H,9-10H2. The van der Waals surface area contributed by atoms with Crippen molar-refractivity contribution in [1.82, 2.24) is 0 Å². The second-order valence-corrected chi connectivity index (χ2v) is 6.09. The van der Waals surface area contributed by atoms with Gasteiger partial charge in [-0.25, -0.2) is 0 Å². The molecule has 1 atom stereocenters. The van der Waals surface area contributed by atoms with Crippen LogP contribution in [0.5, 0.6) is 0 Å². The Balaban J connectivity index is 1.93. The quantitative estimate of drug-likeness (QED) is 0.808. The van der Waals surface area contributed by atoms with Gasteiger partial charge in [0.1, 0.15) is 0 Å². The number of rotatable bonds is 5. The van der Waals surface area contributed by atoms with E-state index in [1.165, 1.54) is 0 Å². The molecule has 2 rings (SSSR count). The molecule has 1 unspecified atom stereocenters. The first kappa shape index (κ1) is 14.7. The number of hydrogen-bond donors (Lipinski definition) is 1. The maximum atomic E-state index is 10.1. The van der Waals surface area contributed by atoms with Crippen molar-refractivity contribution in [2.45, 2.75) is 17.4 Å². The number of thioether (sulfide) groups is 1. The van der Waals surface area contributed by atoms with E-state index in [0.29, 0.717) is 22.2 Å². The maximum absolute atomic E-state index is 10.1. The monoisotopic (exact) mass is 312 g/mol. The van der Waals surface area contributed by atoms with Crippen molar-refractivity contribution in [1.29, 1.82) is 0 Å². The molecule has 0 radical (unpaired) electrons. The Morgan fingerprint density at radius 3 is 2.21 bits per heavy atom. The van der Waals surface area contributed by atoms with Crippen LogP contribution < -0.4 is 0 Å². The van der Waals surface area contributed by atoms with Gasteiger partial charge in [0.2, 0.25) is 0 Å². The first-order valence-corrected chi connectivity index (χ1v) is 7.70. The zero-order chi connectivity index (χ0) is 13.7. The summed E-state index contributed by atoms with van der Waals surface area (Å²) >= 11 is 13.8. The fraction of sp³-hybridized carbons (Fsp3) is 0.200. The highest BCUT2D eigenvalue weighted by Crippen LogP contribution is 2.27. The maximum Gasteiger partial charge on any atom is 0.0675 e. The largest absolute Gasteiger partial charge is 0.392 e. The number of benzene rings is 2. The van der Waals surface area contributed by atoms with Crippen molar-refractivity contribution in [3.05, 3.63) is 64.1 Å². The summed E-state index contributed by atoms with van der Waals surface area (Å²) < 4.78 is 0. The molecule has 2 aromatic rings. The summed E-state index contributed by atoms with van der Waals surface area (Å²) in [5, 5.41) is 11.3. The van der Waals surface area contributed by atoms with Crippen molar-refractivity contribution in [3.8, 4) is 0 Å². The lowest BCUT2D eigenvalue weighted by Crippen LogP contribution is -2.14.